The second-order valence-electron chi connectivity index (χ2n) is 3.52. The van der Waals surface area contributed by atoms with Gasteiger partial charge in [-0.15, -0.1) is 11.8 Å². The number of ether oxygens (including phenoxy) is 1. The molecule has 1 saturated heterocycles. The number of carbonyl (C=O) groups is 1. The van der Waals surface area contributed by atoms with Crippen LogP contribution in [0.2, 0.25) is 10.0 Å². The van der Waals surface area contributed by atoms with E-state index in [1.165, 1.54) is 0 Å². The fraction of sp³-hybridized carbons (Fsp3) is 0.364. The van der Waals surface area contributed by atoms with Crippen LogP contribution in [-0.2, 0) is 4.74 Å². The first kappa shape index (κ1) is 12.2. The maximum atomic E-state index is 11.9. The maximum absolute atomic E-state index is 11.9. The molecule has 0 bridgehead atoms. The third-order valence-corrected chi connectivity index (χ3v) is 4.02. The lowest BCUT2D eigenvalue weighted by molar-refractivity contribution is 0.0455. The predicted molar refractivity (Wildman–Crippen MR) is 67.9 cm³/mol. The minimum absolute atomic E-state index is 0.0180. The van der Waals surface area contributed by atoms with Gasteiger partial charge in [0.05, 0.1) is 29.2 Å². The molecule has 0 unspecified atom stereocenters. The van der Waals surface area contributed by atoms with Gasteiger partial charge in [-0.25, -0.2) is 0 Å². The summed E-state index contributed by atoms with van der Waals surface area (Å²) in [6.07, 6.45) is 0. The molecule has 0 amide bonds. The number of thioether (sulfide) groups is 1. The highest BCUT2D eigenvalue weighted by molar-refractivity contribution is 8.00. The van der Waals surface area contributed by atoms with E-state index >= 15 is 0 Å². The summed E-state index contributed by atoms with van der Waals surface area (Å²) in [5.74, 6) is 0.443. The Balaban J connectivity index is 1.99. The first-order valence-electron chi connectivity index (χ1n) is 4.84. The van der Waals surface area contributed by atoms with Crippen molar-refractivity contribution in [1.29, 1.82) is 0 Å². The van der Waals surface area contributed by atoms with Crippen LogP contribution < -0.4 is 0 Å². The topological polar surface area (TPSA) is 26.3 Å². The summed E-state index contributed by atoms with van der Waals surface area (Å²) in [5.41, 5.74) is 0.502. The molecule has 0 atom stereocenters. The summed E-state index contributed by atoms with van der Waals surface area (Å²) in [7, 11) is 0. The van der Waals surface area contributed by atoms with E-state index in [1.807, 2.05) is 0 Å². The monoisotopic (exact) mass is 276 g/mol. The number of hydrogen-bond acceptors (Lipinski definition) is 3. The second-order valence-corrected chi connectivity index (χ2v) is 5.65. The van der Waals surface area contributed by atoms with Crippen LogP contribution in [0.4, 0.5) is 0 Å². The normalized spacial score (nSPS) is 15.9. The van der Waals surface area contributed by atoms with Gasteiger partial charge in [0.25, 0.3) is 0 Å². The summed E-state index contributed by atoms with van der Waals surface area (Å²) in [5, 5.41) is 1.44. The van der Waals surface area contributed by atoms with Crippen molar-refractivity contribution in [3.05, 3.63) is 33.8 Å². The molecule has 1 heterocycles. The van der Waals surface area contributed by atoms with Crippen molar-refractivity contribution in [1.82, 2.24) is 0 Å². The van der Waals surface area contributed by atoms with Gasteiger partial charge in [0.1, 0.15) is 0 Å². The number of hydrogen-bond donors (Lipinski definition) is 0. The van der Waals surface area contributed by atoms with Gasteiger partial charge in [-0.2, -0.15) is 0 Å². The molecule has 16 heavy (non-hydrogen) atoms. The molecule has 1 aromatic rings. The maximum Gasteiger partial charge on any atom is 0.174 e. The molecule has 2 rings (SSSR count). The molecule has 0 saturated carbocycles. The quantitative estimate of drug-likeness (QED) is 0.790. The molecule has 0 aromatic heterocycles. The summed E-state index contributed by atoms with van der Waals surface area (Å²) in [6, 6.07) is 4.94. The van der Waals surface area contributed by atoms with Crippen molar-refractivity contribution < 1.29 is 9.53 Å². The van der Waals surface area contributed by atoms with E-state index in [1.54, 1.807) is 30.0 Å². The van der Waals surface area contributed by atoms with Crippen molar-refractivity contribution in [2.45, 2.75) is 5.25 Å². The average Bonchev–Trinajstić information content (AvgIpc) is 2.19. The number of rotatable bonds is 4. The van der Waals surface area contributed by atoms with E-state index in [0.717, 1.165) is 13.2 Å². The van der Waals surface area contributed by atoms with Crippen molar-refractivity contribution >= 4 is 40.7 Å². The number of benzene rings is 1. The zero-order chi connectivity index (χ0) is 11.5. The molecule has 1 fully saturated rings. The number of ketones is 1. The van der Waals surface area contributed by atoms with Crippen molar-refractivity contribution in [3.8, 4) is 0 Å². The fourth-order valence-corrected chi connectivity index (χ4v) is 2.62. The second kappa shape index (κ2) is 5.41. The lowest BCUT2D eigenvalue weighted by atomic mass is 10.1. The van der Waals surface area contributed by atoms with Crippen LogP contribution in [0, 0.1) is 0 Å². The van der Waals surface area contributed by atoms with Crippen LogP contribution in [0.5, 0.6) is 0 Å². The Kier molecular flexibility index (Phi) is 4.14. The summed E-state index contributed by atoms with van der Waals surface area (Å²) < 4.78 is 5.04. The molecule has 86 valence electrons. The average molecular weight is 277 g/mol. The Labute approximate surface area is 108 Å². The molecule has 0 N–H and O–H groups in total. The molecule has 0 spiro atoms. The minimum atomic E-state index is 0.0180. The van der Waals surface area contributed by atoms with Gasteiger partial charge in [0.15, 0.2) is 5.78 Å². The van der Waals surface area contributed by atoms with Crippen molar-refractivity contribution in [2.75, 3.05) is 19.0 Å². The van der Waals surface area contributed by atoms with Gasteiger partial charge in [-0.3, -0.25) is 4.79 Å². The Morgan fingerprint density at radius 1 is 1.44 bits per heavy atom. The molecular weight excluding hydrogens is 267 g/mol. The van der Waals surface area contributed by atoms with Crippen molar-refractivity contribution in [3.63, 3.8) is 0 Å². The van der Waals surface area contributed by atoms with Crippen LogP contribution in [0.3, 0.4) is 0 Å². The Hall–Kier alpha value is -0.220. The van der Waals surface area contributed by atoms with E-state index in [-0.39, 0.29) is 5.78 Å². The fourth-order valence-electron chi connectivity index (χ4n) is 1.29. The van der Waals surface area contributed by atoms with Crippen LogP contribution in [0.1, 0.15) is 10.4 Å². The molecule has 0 radical (unpaired) electrons. The summed E-state index contributed by atoms with van der Waals surface area (Å²) >= 11 is 13.4. The van der Waals surface area contributed by atoms with Gasteiger partial charge >= 0.3 is 0 Å². The Morgan fingerprint density at radius 3 is 2.81 bits per heavy atom. The van der Waals surface area contributed by atoms with Gasteiger partial charge in [0.2, 0.25) is 0 Å². The van der Waals surface area contributed by atoms with Gasteiger partial charge < -0.3 is 4.74 Å². The molecule has 2 nitrogen and oxygen atoms in total. The largest absolute Gasteiger partial charge is 0.379 e. The van der Waals surface area contributed by atoms with E-state index < -0.39 is 0 Å². The smallest absolute Gasteiger partial charge is 0.174 e. The number of Topliss-reactive ketones (excluding diaryl/α,β-unsaturated/α-hetero) is 1. The highest BCUT2D eigenvalue weighted by Crippen LogP contribution is 2.24. The Bertz CT molecular complexity index is 405. The molecule has 1 aromatic carbocycles. The first-order chi connectivity index (χ1) is 7.66. The molecular formula is C11H10Cl2O2S. The zero-order valence-corrected chi connectivity index (χ0v) is 10.7. The van der Waals surface area contributed by atoms with Gasteiger partial charge in [-0.05, 0) is 18.2 Å². The SMILES string of the molecule is O=C(CSC1COC1)c1cc(Cl)ccc1Cl. The van der Waals surface area contributed by atoms with Gasteiger partial charge in [-0.1, -0.05) is 23.2 Å². The number of halogens is 2. The van der Waals surface area contributed by atoms with E-state index in [0.29, 0.717) is 26.6 Å². The van der Waals surface area contributed by atoms with E-state index in [2.05, 4.69) is 0 Å². The van der Waals surface area contributed by atoms with Crippen molar-refractivity contribution in [2.24, 2.45) is 0 Å². The first-order valence-corrected chi connectivity index (χ1v) is 6.65. The van der Waals surface area contributed by atoms with Crippen LogP contribution in [-0.4, -0.2) is 30.0 Å². The minimum Gasteiger partial charge on any atom is -0.379 e. The highest BCUT2D eigenvalue weighted by atomic mass is 35.5. The van der Waals surface area contributed by atoms with Crippen LogP contribution in [0.25, 0.3) is 0 Å². The Morgan fingerprint density at radius 2 is 2.19 bits per heavy atom. The van der Waals surface area contributed by atoms with Gasteiger partial charge in [0, 0.05) is 10.6 Å². The lowest BCUT2D eigenvalue weighted by Gasteiger charge is -2.24. The van der Waals surface area contributed by atoms with E-state index in [9.17, 15) is 4.79 Å². The highest BCUT2D eigenvalue weighted by Gasteiger charge is 2.21. The van der Waals surface area contributed by atoms with Crippen LogP contribution in [0.15, 0.2) is 18.2 Å². The summed E-state index contributed by atoms with van der Waals surface area (Å²) in [4.78, 5) is 11.9. The molecule has 0 aliphatic carbocycles. The third-order valence-electron chi connectivity index (χ3n) is 2.29. The standard InChI is InChI=1S/C11H10Cl2O2S/c12-7-1-2-10(13)9(3-7)11(14)6-16-8-4-15-5-8/h1-3,8H,4-6H2. The lowest BCUT2D eigenvalue weighted by Crippen LogP contribution is -2.31. The van der Waals surface area contributed by atoms with Crippen LogP contribution >= 0.6 is 35.0 Å². The molecule has 1 aliphatic rings. The molecule has 5 heteroatoms. The zero-order valence-electron chi connectivity index (χ0n) is 8.41. The number of carbonyl (C=O) groups excluding carboxylic acids is 1. The van der Waals surface area contributed by atoms with E-state index in [4.69, 9.17) is 27.9 Å². The molecule has 1 aliphatic heterocycles. The summed E-state index contributed by atoms with van der Waals surface area (Å²) in [6.45, 7) is 1.47. The third kappa shape index (κ3) is 2.92. The predicted octanol–water partition coefficient (Wildman–Crippen LogP) is 3.31.